The molecule has 5 nitrogen and oxygen atoms in total. The van der Waals surface area contributed by atoms with E-state index in [1.54, 1.807) is 36.4 Å². The summed E-state index contributed by atoms with van der Waals surface area (Å²) in [5, 5.41) is 13.8. The van der Waals surface area contributed by atoms with E-state index in [2.05, 4.69) is 5.32 Å². The van der Waals surface area contributed by atoms with E-state index in [1.165, 1.54) is 0 Å². The molecule has 1 amide bonds. The Bertz CT molecular complexity index is 778. The lowest BCUT2D eigenvalue weighted by Gasteiger charge is -2.23. The van der Waals surface area contributed by atoms with Crippen LogP contribution in [0.15, 0.2) is 36.4 Å². The molecule has 2 aromatic carbocycles. The summed E-state index contributed by atoms with van der Waals surface area (Å²) in [5.41, 5.74) is 1.56. The molecule has 132 valence electrons. The third-order valence-corrected chi connectivity index (χ3v) is 4.21. The molecule has 1 heterocycles. The van der Waals surface area contributed by atoms with E-state index >= 15 is 0 Å². The summed E-state index contributed by atoms with van der Waals surface area (Å²) in [6.07, 6.45) is 0.701. The van der Waals surface area contributed by atoms with E-state index in [4.69, 9.17) is 21.1 Å². The van der Waals surface area contributed by atoms with E-state index in [0.29, 0.717) is 53.0 Å². The first-order valence-electron chi connectivity index (χ1n) is 8.27. The van der Waals surface area contributed by atoms with Crippen LogP contribution in [-0.4, -0.2) is 24.2 Å². The Morgan fingerprint density at radius 2 is 1.96 bits per heavy atom. The maximum absolute atomic E-state index is 12.5. The van der Waals surface area contributed by atoms with Crippen LogP contribution in [0.25, 0.3) is 0 Å². The molecule has 2 aromatic rings. The maximum atomic E-state index is 12.5. The van der Waals surface area contributed by atoms with Gasteiger partial charge in [0, 0.05) is 22.2 Å². The first kappa shape index (κ1) is 17.6. The molecule has 6 heteroatoms. The molecular weight excluding hydrogens is 342 g/mol. The van der Waals surface area contributed by atoms with Crippen molar-refractivity contribution in [3.05, 3.63) is 52.5 Å². The number of aliphatic hydroxyl groups is 1. The number of halogens is 1. The molecule has 1 aliphatic rings. The normalized spacial score (nSPS) is 14.0. The van der Waals surface area contributed by atoms with Crippen molar-refractivity contribution in [3.8, 4) is 11.5 Å². The zero-order valence-electron chi connectivity index (χ0n) is 13.9. The molecule has 0 fully saturated rings. The van der Waals surface area contributed by atoms with Gasteiger partial charge in [0.25, 0.3) is 5.91 Å². The second-order valence-electron chi connectivity index (χ2n) is 5.85. The van der Waals surface area contributed by atoms with Crippen LogP contribution in [0.1, 0.15) is 41.8 Å². The summed E-state index contributed by atoms with van der Waals surface area (Å²) in [7, 11) is 0. The number of aliphatic hydroxyl groups excluding tert-OH is 1. The Labute approximate surface area is 151 Å². The SMILES string of the molecule is CCC[C@H](O)c1cc2c(cc1NC(=O)c1cccc(Cl)c1)OCCO2. The van der Waals surface area contributed by atoms with Crippen molar-refractivity contribution in [1.29, 1.82) is 0 Å². The summed E-state index contributed by atoms with van der Waals surface area (Å²) in [5.74, 6) is 0.835. The molecule has 1 atom stereocenters. The van der Waals surface area contributed by atoms with Gasteiger partial charge in [0.15, 0.2) is 11.5 Å². The van der Waals surface area contributed by atoms with Crippen LogP contribution >= 0.6 is 11.6 Å². The van der Waals surface area contributed by atoms with Crippen molar-refractivity contribution in [2.75, 3.05) is 18.5 Å². The summed E-state index contributed by atoms with van der Waals surface area (Å²) in [4.78, 5) is 12.5. The topological polar surface area (TPSA) is 67.8 Å². The number of ether oxygens (including phenoxy) is 2. The number of fused-ring (bicyclic) bond motifs is 1. The quantitative estimate of drug-likeness (QED) is 0.837. The van der Waals surface area contributed by atoms with Gasteiger partial charge < -0.3 is 19.9 Å². The summed E-state index contributed by atoms with van der Waals surface area (Å²) in [6, 6.07) is 10.1. The fraction of sp³-hybridized carbons (Fsp3) is 0.316. The molecule has 0 unspecified atom stereocenters. The van der Waals surface area contributed by atoms with Gasteiger partial charge in [-0.1, -0.05) is 31.0 Å². The highest BCUT2D eigenvalue weighted by Crippen LogP contribution is 2.39. The zero-order valence-corrected chi connectivity index (χ0v) is 14.7. The number of carbonyl (C=O) groups excluding carboxylic acids is 1. The van der Waals surface area contributed by atoms with Crippen molar-refractivity contribution in [2.45, 2.75) is 25.9 Å². The lowest BCUT2D eigenvalue weighted by Crippen LogP contribution is -2.18. The molecule has 1 aliphatic heterocycles. The average Bonchev–Trinajstić information content (AvgIpc) is 2.61. The number of amides is 1. The molecule has 0 spiro atoms. The van der Waals surface area contributed by atoms with Crippen molar-refractivity contribution < 1.29 is 19.4 Å². The van der Waals surface area contributed by atoms with Crippen molar-refractivity contribution in [2.24, 2.45) is 0 Å². The number of hydrogen-bond donors (Lipinski definition) is 2. The van der Waals surface area contributed by atoms with E-state index < -0.39 is 6.10 Å². The second kappa shape index (κ2) is 7.76. The Morgan fingerprint density at radius 3 is 2.64 bits per heavy atom. The third kappa shape index (κ3) is 4.06. The largest absolute Gasteiger partial charge is 0.486 e. The first-order valence-corrected chi connectivity index (χ1v) is 8.64. The van der Waals surface area contributed by atoms with Gasteiger partial charge >= 0.3 is 0 Å². The van der Waals surface area contributed by atoms with E-state index in [0.717, 1.165) is 6.42 Å². The smallest absolute Gasteiger partial charge is 0.255 e. The molecule has 2 N–H and O–H groups in total. The minimum atomic E-state index is -0.699. The number of rotatable bonds is 5. The Hall–Kier alpha value is -2.24. The van der Waals surface area contributed by atoms with Gasteiger partial charge in [-0.15, -0.1) is 0 Å². The Kier molecular flexibility index (Phi) is 5.46. The van der Waals surface area contributed by atoms with Crippen LogP contribution in [0.4, 0.5) is 5.69 Å². The second-order valence-corrected chi connectivity index (χ2v) is 6.29. The van der Waals surface area contributed by atoms with Gasteiger partial charge in [-0.25, -0.2) is 0 Å². The van der Waals surface area contributed by atoms with E-state index in [1.807, 2.05) is 6.92 Å². The highest BCUT2D eigenvalue weighted by Gasteiger charge is 2.21. The monoisotopic (exact) mass is 361 g/mol. The number of anilines is 1. The van der Waals surface area contributed by atoms with Crippen molar-refractivity contribution in [1.82, 2.24) is 0 Å². The summed E-state index contributed by atoms with van der Waals surface area (Å²) in [6.45, 7) is 2.90. The van der Waals surface area contributed by atoms with Crippen LogP contribution in [0.3, 0.4) is 0 Å². The lowest BCUT2D eigenvalue weighted by atomic mass is 10.0. The van der Waals surface area contributed by atoms with Gasteiger partial charge in [0.1, 0.15) is 13.2 Å². The van der Waals surface area contributed by atoms with Gasteiger partial charge in [-0.3, -0.25) is 4.79 Å². The molecular formula is C19H20ClNO4. The van der Waals surface area contributed by atoms with Crippen LogP contribution in [0.5, 0.6) is 11.5 Å². The minimum Gasteiger partial charge on any atom is -0.486 e. The maximum Gasteiger partial charge on any atom is 0.255 e. The fourth-order valence-corrected chi connectivity index (χ4v) is 2.93. The van der Waals surface area contributed by atoms with Crippen LogP contribution in [0.2, 0.25) is 5.02 Å². The van der Waals surface area contributed by atoms with Crippen LogP contribution in [0, 0.1) is 0 Å². The Morgan fingerprint density at radius 1 is 1.24 bits per heavy atom. The molecule has 0 aliphatic carbocycles. The summed E-state index contributed by atoms with van der Waals surface area (Å²) >= 11 is 5.95. The molecule has 25 heavy (non-hydrogen) atoms. The molecule has 3 rings (SSSR count). The van der Waals surface area contributed by atoms with Gasteiger partial charge in [-0.05, 0) is 30.7 Å². The zero-order chi connectivity index (χ0) is 17.8. The molecule has 0 aromatic heterocycles. The minimum absolute atomic E-state index is 0.302. The van der Waals surface area contributed by atoms with Gasteiger partial charge in [-0.2, -0.15) is 0 Å². The number of benzene rings is 2. The summed E-state index contributed by atoms with van der Waals surface area (Å²) < 4.78 is 11.2. The molecule has 0 radical (unpaired) electrons. The first-order chi connectivity index (χ1) is 12.1. The fourth-order valence-electron chi connectivity index (χ4n) is 2.74. The molecule has 0 saturated carbocycles. The van der Waals surface area contributed by atoms with E-state index in [9.17, 15) is 9.90 Å². The lowest BCUT2D eigenvalue weighted by molar-refractivity contribution is 0.102. The number of hydrogen-bond acceptors (Lipinski definition) is 4. The third-order valence-electron chi connectivity index (χ3n) is 3.97. The number of carbonyl (C=O) groups is 1. The number of nitrogens with one attached hydrogen (secondary N) is 1. The van der Waals surface area contributed by atoms with Crippen molar-refractivity contribution in [3.63, 3.8) is 0 Å². The highest BCUT2D eigenvalue weighted by atomic mass is 35.5. The standard InChI is InChI=1S/C19H20ClNO4/c1-2-4-16(22)14-10-17-18(25-8-7-24-17)11-15(14)21-19(23)12-5-3-6-13(20)9-12/h3,5-6,9-11,16,22H,2,4,7-8H2,1H3,(H,21,23)/t16-/m0/s1. The van der Waals surface area contributed by atoms with Crippen LogP contribution < -0.4 is 14.8 Å². The Balaban J connectivity index is 1.94. The van der Waals surface area contributed by atoms with Crippen molar-refractivity contribution >= 4 is 23.2 Å². The predicted octanol–water partition coefficient (Wildman–Crippen LogP) is 4.20. The molecule has 0 bridgehead atoms. The van der Waals surface area contributed by atoms with Gasteiger partial charge in [0.2, 0.25) is 0 Å². The highest BCUT2D eigenvalue weighted by molar-refractivity contribution is 6.31. The van der Waals surface area contributed by atoms with E-state index in [-0.39, 0.29) is 5.91 Å². The molecule has 0 saturated heterocycles. The van der Waals surface area contributed by atoms with Crippen LogP contribution in [-0.2, 0) is 0 Å². The predicted molar refractivity (Wildman–Crippen MR) is 96.7 cm³/mol. The average molecular weight is 362 g/mol. The van der Waals surface area contributed by atoms with Gasteiger partial charge in [0.05, 0.1) is 11.8 Å².